The third kappa shape index (κ3) is 4.75. The van der Waals surface area contributed by atoms with Crippen LogP contribution in [0.25, 0.3) is 0 Å². The van der Waals surface area contributed by atoms with Crippen LogP contribution < -0.4 is 0 Å². The van der Waals surface area contributed by atoms with Crippen molar-refractivity contribution in [2.75, 3.05) is 0 Å². The highest BCUT2D eigenvalue weighted by atomic mass is 14.2. The molecule has 0 aromatic heterocycles. The fraction of sp³-hybridized carbons (Fsp3) is 0.471. The molecule has 0 heterocycles. The molecule has 0 spiro atoms. The lowest BCUT2D eigenvalue weighted by Crippen LogP contribution is -1.98. The van der Waals surface area contributed by atoms with E-state index in [2.05, 4.69) is 43.4 Å². The second-order valence-corrected chi connectivity index (χ2v) is 4.62. The zero-order valence-corrected chi connectivity index (χ0v) is 11.6. The number of hydrogen-bond donors (Lipinski definition) is 0. The first-order valence-corrected chi connectivity index (χ1v) is 6.84. The molecule has 0 aliphatic heterocycles. The molecule has 96 valence electrons. The molecule has 0 aromatic carbocycles. The summed E-state index contributed by atoms with van der Waals surface area (Å²) in [5, 5.41) is 8.70. The van der Waals surface area contributed by atoms with E-state index >= 15 is 0 Å². The fourth-order valence-corrected chi connectivity index (χ4v) is 2.29. The zero-order chi connectivity index (χ0) is 13.2. The Hall–Kier alpha value is -1.55. The van der Waals surface area contributed by atoms with Crippen LogP contribution in [0.1, 0.15) is 52.4 Å². The van der Waals surface area contributed by atoms with E-state index in [0.29, 0.717) is 6.42 Å². The van der Waals surface area contributed by atoms with E-state index in [-0.39, 0.29) is 0 Å². The van der Waals surface area contributed by atoms with Gasteiger partial charge in [-0.05, 0) is 57.1 Å². The number of nitriles is 1. The topological polar surface area (TPSA) is 23.8 Å². The van der Waals surface area contributed by atoms with Crippen LogP contribution in [0.15, 0.2) is 47.1 Å². The molecule has 0 N–H and O–H groups in total. The van der Waals surface area contributed by atoms with Gasteiger partial charge in [-0.3, -0.25) is 0 Å². The summed E-state index contributed by atoms with van der Waals surface area (Å²) >= 11 is 0. The Labute approximate surface area is 111 Å². The Morgan fingerprint density at radius 2 is 2.17 bits per heavy atom. The van der Waals surface area contributed by atoms with Crippen molar-refractivity contribution in [3.8, 4) is 6.07 Å². The molecule has 0 saturated carbocycles. The van der Waals surface area contributed by atoms with Crippen LogP contribution >= 0.6 is 0 Å². The molecule has 1 rings (SSSR count). The molecule has 0 aromatic rings. The van der Waals surface area contributed by atoms with Crippen molar-refractivity contribution >= 4 is 0 Å². The van der Waals surface area contributed by atoms with Crippen molar-refractivity contribution in [1.82, 2.24) is 0 Å². The summed E-state index contributed by atoms with van der Waals surface area (Å²) in [4.78, 5) is 0. The van der Waals surface area contributed by atoms with E-state index in [9.17, 15) is 0 Å². The van der Waals surface area contributed by atoms with Crippen molar-refractivity contribution in [2.45, 2.75) is 52.4 Å². The quantitative estimate of drug-likeness (QED) is 0.620. The summed E-state index contributed by atoms with van der Waals surface area (Å²) in [6.45, 7) is 4.16. The Morgan fingerprint density at radius 3 is 2.83 bits per heavy atom. The van der Waals surface area contributed by atoms with Gasteiger partial charge < -0.3 is 0 Å². The number of hydrogen-bond acceptors (Lipinski definition) is 1. The minimum absolute atomic E-state index is 0.636. The maximum Gasteiger partial charge on any atom is 0.0625 e. The van der Waals surface area contributed by atoms with Gasteiger partial charge in [0.2, 0.25) is 0 Å². The average molecular weight is 241 g/mol. The summed E-state index contributed by atoms with van der Waals surface area (Å²) in [5.41, 5.74) is 4.31. The van der Waals surface area contributed by atoms with Gasteiger partial charge in [0.15, 0.2) is 0 Å². The van der Waals surface area contributed by atoms with Gasteiger partial charge in [0.25, 0.3) is 0 Å². The summed E-state index contributed by atoms with van der Waals surface area (Å²) in [5.74, 6) is 0. The monoisotopic (exact) mass is 241 g/mol. The van der Waals surface area contributed by atoms with E-state index < -0.39 is 0 Å². The van der Waals surface area contributed by atoms with E-state index in [1.54, 1.807) is 0 Å². The van der Waals surface area contributed by atoms with Gasteiger partial charge in [-0.25, -0.2) is 0 Å². The van der Waals surface area contributed by atoms with Crippen molar-refractivity contribution in [3.63, 3.8) is 0 Å². The van der Waals surface area contributed by atoms with Crippen LogP contribution in [-0.2, 0) is 0 Å². The van der Waals surface area contributed by atoms with Crippen molar-refractivity contribution < 1.29 is 0 Å². The largest absolute Gasteiger partial charge is 0.198 e. The molecule has 0 saturated heterocycles. The molecular weight excluding hydrogens is 218 g/mol. The Morgan fingerprint density at radius 1 is 1.33 bits per heavy atom. The van der Waals surface area contributed by atoms with Crippen molar-refractivity contribution in [1.29, 1.82) is 5.26 Å². The Kier molecular flexibility index (Phi) is 6.87. The molecule has 0 atom stereocenters. The van der Waals surface area contributed by atoms with E-state index in [0.717, 1.165) is 25.7 Å². The van der Waals surface area contributed by atoms with E-state index in [4.69, 9.17) is 5.26 Å². The third-order valence-electron chi connectivity index (χ3n) is 3.31. The first kappa shape index (κ1) is 14.5. The third-order valence-corrected chi connectivity index (χ3v) is 3.31. The van der Waals surface area contributed by atoms with Crippen LogP contribution in [0.5, 0.6) is 0 Å². The van der Waals surface area contributed by atoms with Crippen molar-refractivity contribution in [3.05, 3.63) is 47.1 Å². The minimum Gasteiger partial charge on any atom is -0.198 e. The Bertz CT molecular complexity index is 413. The van der Waals surface area contributed by atoms with Gasteiger partial charge in [-0.1, -0.05) is 36.0 Å². The fourth-order valence-electron chi connectivity index (χ4n) is 2.29. The number of allylic oxidation sites excluding steroid dienone is 8. The smallest absolute Gasteiger partial charge is 0.0625 e. The number of rotatable bonds is 3. The second kappa shape index (κ2) is 8.53. The first-order chi connectivity index (χ1) is 8.81. The molecular formula is C17H23N. The molecule has 1 nitrogen and oxygen atoms in total. The average Bonchev–Trinajstić information content (AvgIpc) is 2.37. The predicted molar refractivity (Wildman–Crippen MR) is 78.1 cm³/mol. The van der Waals surface area contributed by atoms with Crippen LogP contribution in [0.2, 0.25) is 0 Å². The normalized spacial score (nSPS) is 24.6. The SMILES string of the molecule is C/C=C1/C/C(CCC#N)=C\CCC/C1=C/C=C/C. The number of nitrogens with zero attached hydrogens (tertiary/aromatic N) is 1. The zero-order valence-electron chi connectivity index (χ0n) is 11.6. The van der Waals surface area contributed by atoms with Gasteiger partial charge in [0.05, 0.1) is 6.07 Å². The van der Waals surface area contributed by atoms with Crippen LogP contribution in [-0.4, -0.2) is 0 Å². The highest BCUT2D eigenvalue weighted by Crippen LogP contribution is 2.29. The molecule has 1 aliphatic rings. The second-order valence-electron chi connectivity index (χ2n) is 4.62. The molecule has 1 heteroatoms. The highest BCUT2D eigenvalue weighted by Gasteiger charge is 2.10. The van der Waals surface area contributed by atoms with Crippen LogP contribution in [0, 0.1) is 11.3 Å². The molecule has 0 bridgehead atoms. The molecule has 0 amide bonds. The lowest BCUT2D eigenvalue weighted by atomic mass is 9.89. The van der Waals surface area contributed by atoms with E-state index in [1.807, 2.05) is 6.92 Å². The van der Waals surface area contributed by atoms with Gasteiger partial charge in [-0.15, -0.1) is 0 Å². The maximum atomic E-state index is 8.70. The first-order valence-electron chi connectivity index (χ1n) is 6.84. The van der Waals surface area contributed by atoms with Crippen LogP contribution in [0.4, 0.5) is 0 Å². The summed E-state index contributed by atoms with van der Waals surface area (Å²) < 4.78 is 0. The van der Waals surface area contributed by atoms with E-state index in [1.165, 1.54) is 23.1 Å². The molecule has 0 fully saturated rings. The van der Waals surface area contributed by atoms with Gasteiger partial charge in [0.1, 0.15) is 0 Å². The van der Waals surface area contributed by atoms with Crippen LogP contribution in [0.3, 0.4) is 0 Å². The predicted octanol–water partition coefficient (Wildman–Crippen LogP) is 5.24. The lowest BCUT2D eigenvalue weighted by molar-refractivity contribution is 0.786. The Balaban J connectivity index is 2.85. The molecule has 18 heavy (non-hydrogen) atoms. The van der Waals surface area contributed by atoms with Gasteiger partial charge in [0, 0.05) is 6.42 Å². The van der Waals surface area contributed by atoms with Gasteiger partial charge >= 0.3 is 0 Å². The molecule has 0 unspecified atom stereocenters. The summed E-state index contributed by atoms with van der Waals surface area (Å²) in [6.07, 6.45) is 17.1. The standard InChI is InChI=1S/C17H23N/c1-3-5-11-17-12-7-6-9-15(10-8-13-18)14-16(17)4-2/h3-5,9,11H,6-8,10,12,14H2,1-2H3/b5-3+,15-9-,16-4-,17-11-. The minimum atomic E-state index is 0.636. The van der Waals surface area contributed by atoms with Crippen molar-refractivity contribution in [2.24, 2.45) is 0 Å². The summed E-state index contributed by atoms with van der Waals surface area (Å²) in [6, 6.07) is 2.24. The molecule has 0 radical (unpaired) electrons. The highest BCUT2D eigenvalue weighted by molar-refractivity contribution is 5.37. The summed E-state index contributed by atoms with van der Waals surface area (Å²) in [7, 11) is 0. The molecule has 1 aliphatic carbocycles. The van der Waals surface area contributed by atoms with Gasteiger partial charge in [-0.2, -0.15) is 5.26 Å². The lowest BCUT2D eigenvalue weighted by Gasteiger charge is -2.17. The maximum absolute atomic E-state index is 8.70.